The molecule has 3 nitrogen and oxygen atoms in total. The molecule has 11 heavy (non-hydrogen) atoms. The van der Waals surface area contributed by atoms with Crippen LogP contribution >= 0.6 is 12.4 Å². The predicted octanol–water partition coefficient (Wildman–Crippen LogP) is 0.875. The van der Waals surface area contributed by atoms with Crippen LogP contribution in [0.4, 0.5) is 0 Å². The van der Waals surface area contributed by atoms with Crippen LogP contribution in [0, 0.1) is 0 Å². The van der Waals surface area contributed by atoms with Gasteiger partial charge in [0.15, 0.2) is 0 Å². The van der Waals surface area contributed by atoms with Crippen molar-refractivity contribution in [3.63, 3.8) is 0 Å². The van der Waals surface area contributed by atoms with Crippen LogP contribution in [0.5, 0.6) is 0 Å². The number of esters is 1. The minimum absolute atomic E-state index is 0. The fourth-order valence-electron chi connectivity index (χ4n) is 0.351. The van der Waals surface area contributed by atoms with Crippen LogP contribution in [0.1, 0.15) is 13.8 Å². The summed E-state index contributed by atoms with van der Waals surface area (Å²) in [5.41, 5.74) is 5.09. The van der Waals surface area contributed by atoms with E-state index in [4.69, 9.17) is 5.73 Å². The van der Waals surface area contributed by atoms with Gasteiger partial charge in [-0.15, -0.1) is 12.4 Å². The summed E-state index contributed by atoms with van der Waals surface area (Å²) in [4.78, 5) is 10.5. The van der Waals surface area contributed by atoms with Crippen molar-refractivity contribution in [2.75, 3.05) is 7.11 Å². The van der Waals surface area contributed by atoms with Gasteiger partial charge in [0.05, 0.1) is 7.11 Å². The first-order valence-corrected chi connectivity index (χ1v) is 3.02. The van der Waals surface area contributed by atoms with Crippen LogP contribution < -0.4 is 5.73 Å². The first-order valence-electron chi connectivity index (χ1n) is 3.02. The summed E-state index contributed by atoms with van der Waals surface area (Å²) in [6, 6.07) is 0. The van der Waals surface area contributed by atoms with Crippen molar-refractivity contribution in [1.82, 2.24) is 0 Å². The van der Waals surface area contributed by atoms with Crippen molar-refractivity contribution >= 4 is 18.4 Å². The summed E-state index contributed by atoms with van der Waals surface area (Å²) in [5, 5.41) is 0. The minimum atomic E-state index is -0.450. The maximum atomic E-state index is 10.5. The lowest BCUT2D eigenvalue weighted by Gasteiger charge is -2.10. The number of carbonyl (C=O) groups excluding carboxylic acids is 1. The Morgan fingerprint density at radius 1 is 1.55 bits per heavy atom. The molecule has 0 bridgehead atoms. The van der Waals surface area contributed by atoms with E-state index in [1.165, 1.54) is 13.2 Å². The van der Waals surface area contributed by atoms with Crippen LogP contribution in [-0.2, 0) is 9.53 Å². The summed E-state index contributed by atoms with van der Waals surface area (Å²) in [6.07, 6.45) is 2.92. The van der Waals surface area contributed by atoms with Gasteiger partial charge < -0.3 is 10.5 Å². The van der Waals surface area contributed by atoms with E-state index in [9.17, 15) is 4.79 Å². The van der Waals surface area contributed by atoms with E-state index in [0.717, 1.165) is 0 Å². The molecular weight excluding hydrogens is 166 g/mol. The van der Waals surface area contributed by atoms with Gasteiger partial charge in [-0.3, -0.25) is 0 Å². The normalized spacial score (nSPS) is 10.9. The second-order valence-electron chi connectivity index (χ2n) is 2.68. The molecule has 4 heteroatoms. The van der Waals surface area contributed by atoms with Crippen LogP contribution in [0.15, 0.2) is 12.2 Å². The number of nitrogens with two attached hydrogens (primary N) is 1. The third-order valence-corrected chi connectivity index (χ3v) is 0.850. The largest absolute Gasteiger partial charge is 0.466 e. The standard InChI is InChI=1S/C7H13NO2.ClH/c1-7(2,8)5-4-6(9)10-3;/h4-5H,8H2,1-3H3;1H. The number of halogens is 1. The van der Waals surface area contributed by atoms with Crippen LogP contribution in [0.2, 0.25) is 0 Å². The summed E-state index contributed by atoms with van der Waals surface area (Å²) in [6.45, 7) is 3.60. The maximum Gasteiger partial charge on any atom is 0.330 e. The number of rotatable bonds is 2. The smallest absolute Gasteiger partial charge is 0.330 e. The molecule has 0 aromatic rings. The fourth-order valence-corrected chi connectivity index (χ4v) is 0.351. The Bertz CT molecular complexity index is 149. The van der Waals surface area contributed by atoms with Gasteiger partial charge in [0.25, 0.3) is 0 Å². The molecule has 0 aliphatic heterocycles. The first-order chi connectivity index (χ1) is 4.45. The van der Waals surface area contributed by atoms with Crippen molar-refractivity contribution in [2.45, 2.75) is 19.4 Å². The van der Waals surface area contributed by atoms with Gasteiger partial charge >= 0.3 is 5.97 Å². The van der Waals surface area contributed by atoms with Gasteiger partial charge in [0.2, 0.25) is 0 Å². The Balaban J connectivity index is 0. The van der Waals surface area contributed by atoms with E-state index >= 15 is 0 Å². The first kappa shape index (κ1) is 13.1. The summed E-state index contributed by atoms with van der Waals surface area (Å²) >= 11 is 0. The lowest BCUT2D eigenvalue weighted by molar-refractivity contribution is -0.134. The molecule has 0 spiro atoms. The van der Waals surface area contributed by atoms with Gasteiger partial charge in [-0.1, -0.05) is 6.08 Å². The molecule has 0 aliphatic rings. The molecule has 0 aromatic heterocycles. The van der Waals surface area contributed by atoms with E-state index < -0.39 is 5.54 Å². The van der Waals surface area contributed by atoms with Crippen molar-refractivity contribution in [3.05, 3.63) is 12.2 Å². The Labute approximate surface area is 73.0 Å². The second kappa shape index (κ2) is 5.16. The average Bonchev–Trinajstić information content (AvgIpc) is 1.81. The molecule has 0 aromatic carbocycles. The Kier molecular flexibility index (Phi) is 6.13. The zero-order valence-electron chi connectivity index (χ0n) is 6.96. The van der Waals surface area contributed by atoms with E-state index in [0.29, 0.717) is 0 Å². The molecule has 66 valence electrons. The molecule has 0 atom stereocenters. The molecule has 0 heterocycles. The van der Waals surface area contributed by atoms with E-state index in [2.05, 4.69) is 4.74 Å². The number of methoxy groups -OCH3 is 1. The number of hydrogen-bond donors (Lipinski definition) is 1. The topological polar surface area (TPSA) is 52.3 Å². The van der Waals surface area contributed by atoms with Crippen molar-refractivity contribution < 1.29 is 9.53 Å². The van der Waals surface area contributed by atoms with E-state index in [1.54, 1.807) is 19.9 Å². The molecule has 2 N–H and O–H groups in total. The summed E-state index contributed by atoms with van der Waals surface area (Å²) in [5.74, 6) is -0.376. The summed E-state index contributed by atoms with van der Waals surface area (Å²) in [7, 11) is 1.33. The predicted molar refractivity (Wildman–Crippen MR) is 46.7 cm³/mol. The van der Waals surface area contributed by atoms with Gasteiger partial charge in [-0.25, -0.2) is 4.79 Å². The molecule has 0 saturated carbocycles. The monoisotopic (exact) mass is 179 g/mol. The number of hydrogen-bond acceptors (Lipinski definition) is 3. The molecule has 0 radical (unpaired) electrons. The molecule has 0 aliphatic carbocycles. The van der Waals surface area contributed by atoms with Crippen molar-refractivity contribution in [3.8, 4) is 0 Å². The lowest BCUT2D eigenvalue weighted by atomic mass is 10.1. The van der Waals surface area contributed by atoms with Gasteiger partial charge in [-0.2, -0.15) is 0 Å². The molecule has 0 unspecified atom stereocenters. The molecular formula is C7H14ClNO2. The zero-order valence-corrected chi connectivity index (χ0v) is 7.77. The fraction of sp³-hybridized carbons (Fsp3) is 0.571. The molecule has 0 fully saturated rings. The van der Waals surface area contributed by atoms with E-state index in [-0.39, 0.29) is 18.4 Å². The highest BCUT2D eigenvalue weighted by Crippen LogP contribution is 1.97. The Morgan fingerprint density at radius 2 is 2.00 bits per heavy atom. The van der Waals surface area contributed by atoms with Crippen molar-refractivity contribution in [2.24, 2.45) is 5.73 Å². The van der Waals surface area contributed by atoms with Gasteiger partial charge in [0, 0.05) is 11.6 Å². The molecule has 0 saturated heterocycles. The van der Waals surface area contributed by atoms with Crippen LogP contribution in [-0.4, -0.2) is 18.6 Å². The quantitative estimate of drug-likeness (QED) is 0.506. The second-order valence-corrected chi connectivity index (χ2v) is 2.68. The third-order valence-electron chi connectivity index (χ3n) is 0.850. The average molecular weight is 180 g/mol. The molecule has 0 rings (SSSR count). The number of carbonyl (C=O) groups is 1. The molecule has 0 amide bonds. The van der Waals surface area contributed by atoms with Crippen molar-refractivity contribution in [1.29, 1.82) is 0 Å². The zero-order chi connectivity index (χ0) is 8.20. The Hall–Kier alpha value is -0.540. The lowest BCUT2D eigenvalue weighted by Crippen LogP contribution is -2.29. The maximum absolute atomic E-state index is 10.5. The highest BCUT2D eigenvalue weighted by Gasteiger charge is 2.04. The third kappa shape index (κ3) is 9.46. The SMILES string of the molecule is COC(=O)C=CC(C)(C)N.Cl. The highest BCUT2D eigenvalue weighted by atomic mass is 35.5. The number of ether oxygens (including phenoxy) is 1. The van der Waals surface area contributed by atoms with Gasteiger partial charge in [-0.05, 0) is 13.8 Å². The van der Waals surface area contributed by atoms with E-state index in [1.807, 2.05) is 0 Å². The summed E-state index contributed by atoms with van der Waals surface area (Å²) < 4.78 is 4.36. The van der Waals surface area contributed by atoms with Crippen LogP contribution in [0.25, 0.3) is 0 Å². The minimum Gasteiger partial charge on any atom is -0.466 e. The van der Waals surface area contributed by atoms with Gasteiger partial charge in [0.1, 0.15) is 0 Å². The Morgan fingerprint density at radius 3 is 2.27 bits per heavy atom. The highest BCUT2D eigenvalue weighted by molar-refractivity contribution is 5.85. The van der Waals surface area contributed by atoms with Crippen LogP contribution in [0.3, 0.4) is 0 Å².